The molecule has 0 spiro atoms. The van der Waals surface area contributed by atoms with Crippen molar-refractivity contribution in [2.45, 2.75) is 26.7 Å². The van der Waals surface area contributed by atoms with Crippen molar-refractivity contribution in [2.24, 2.45) is 0 Å². The fraction of sp³-hybridized carbons (Fsp3) is 0.263. The molecule has 142 valence electrons. The number of nitro groups is 1. The van der Waals surface area contributed by atoms with Crippen LogP contribution in [0.2, 0.25) is 0 Å². The zero-order chi connectivity index (χ0) is 19.8. The predicted octanol–water partition coefficient (Wildman–Crippen LogP) is 3.88. The number of thiocarbonyl (C=S) groups is 1. The van der Waals surface area contributed by atoms with Crippen LogP contribution in [0.5, 0.6) is 5.75 Å². The zero-order valence-electron chi connectivity index (χ0n) is 15.2. The SMILES string of the molecule is Cc1ccc(OCCCC(=O)NC(=S)Nc2cc([N+](=O)[O-])ccc2C)cc1. The molecule has 0 saturated heterocycles. The molecule has 0 aliphatic heterocycles. The Labute approximate surface area is 162 Å². The molecule has 27 heavy (non-hydrogen) atoms. The van der Waals surface area contributed by atoms with Crippen molar-refractivity contribution in [3.8, 4) is 5.75 Å². The van der Waals surface area contributed by atoms with E-state index in [1.165, 1.54) is 12.1 Å². The van der Waals surface area contributed by atoms with Crippen molar-refractivity contribution >= 4 is 34.6 Å². The summed E-state index contributed by atoms with van der Waals surface area (Å²) in [5.74, 6) is 0.516. The van der Waals surface area contributed by atoms with E-state index >= 15 is 0 Å². The number of benzene rings is 2. The van der Waals surface area contributed by atoms with Crippen LogP contribution in [-0.4, -0.2) is 22.5 Å². The summed E-state index contributed by atoms with van der Waals surface area (Å²) in [7, 11) is 0. The fourth-order valence-corrected chi connectivity index (χ4v) is 2.48. The summed E-state index contributed by atoms with van der Waals surface area (Å²) in [6, 6.07) is 12.1. The lowest BCUT2D eigenvalue weighted by Crippen LogP contribution is -2.34. The quantitative estimate of drug-likeness (QED) is 0.324. The van der Waals surface area contributed by atoms with Crippen LogP contribution in [0.1, 0.15) is 24.0 Å². The Hall–Kier alpha value is -3.00. The highest BCUT2D eigenvalue weighted by atomic mass is 32.1. The molecule has 8 heteroatoms. The number of nitrogens with zero attached hydrogens (tertiary/aromatic N) is 1. The van der Waals surface area contributed by atoms with Crippen LogP contribution in [-0.2, 0) is 4.79 Å². The Morgan fingerprint density at radius 3 is 2.56 bits per heavy atom. The average molecular weight is 387 g/mol. The van der Waals surface area contributed by atoms with E-state index in [4.69, 9.17) is 17.0 Å². The summed E-state index contributed by atoms with van der Waals surface area (Å²) in [5, 5.41) is 16.3. The maximum absolute atomic E-state index is 12.0. The van der Waals surface area contributed by atoms with Crippen LogP contribution < -0.4 is 15.4 Å². The first-order chi connectivity index (χ1) is 12.8. The van der Waals surface area contributed by atoms with Crippen LogP contribution >= 0.6 is 12.2 Å². The molecule has 0 aliphatic rings. The van der Waals surface area contributed by atoms with Gasteiger partial charge in [-0.2, -0.15) is 0 Å². The number of nitro benzene ring substituents is 1. The molecule has 2 N–H and O–H groups in total. The summed E-state index contributed by atoms with van der Waals surface area (Å²) >= 11 is 5.10. The van der Waals surface area contributed by atoms with Crippen LogP contribution in [0.25, 0.3) is 0 Å². The molecule has 2 aromatic rings. The second-order valence-corrected chi connectivity index (χ2v) is 6.43. The summed E-state index contributed by atoms with van der Waals surface area (Å²) in [5.41, 5.74) is 2.37. The summed E-state index contributed by atoms with van der Waals surface area (Å²) in [4.78, 5) is 22.3. The second kappa shape index (κ2) is 9.63. The molecule has 0 aromatic heterocycles. The maximum atomic E-state index is 12.0. The lowest BCUT2D eigenvalue weighted by molar-refractivity contribution is -0.384. The molecule has 0 unspecified atom stereocenters. The number of hydrogen-bond acceptors (Lipinski definition) is 5. The highest BCUT2D eigenvalue weighted by molar-refractivity contribution is 7.80. The van der Waals surface area contributed by atoms with Gasteiger partial charge in [-0.15, -0.1) is 0 Å². The van der Waals surface area contributed by atoms with Crippen LogP contribution in [0.4, 0.5) is 11.4 Å². The Balaban J connectivity index is 1.75. The first-order valence-corrected chi connectivity index (χ1v) is 8.81. The third-order valence-corrected chi connectivity index (χ3v) is 3.98. The van der Waals surface area contributed by atoms with Gasteiger partial charge in [-0.05, 0) is 50.2 Å². The number of amides is 1. The van der Waals surface area contributed by atoms with Gasteiger partial charge in [0.15, 0.2) is 5.11 Å². The second-order valence-electron chi connectivity index (χ2n) is 6.02. The number of rotatable bonds is 7. The van der Waals surface area contributed by atoms with Gasteiger partial charge >= 0.3 is 0 Å². The summed E-state index contributed by atoms with van der Waals surface area (Å²) in [6.45, 7) is 4.21. The molecule has 2 aromatic carbocycles. The first-order valence-electron chi connectivity index (χ1n) is 8.40. The predicted molar refractivity (Wildman–Crippen MR) is 108 cm³/mol. The van der Waals surface area contributed by atoms with E-state index in [9.17, 15) is 14.9 Å². The van der Waals surface area contributed by atoms with Gasteiger partial charge in [0.1, 0.15) is 5.75 Å². The molecule has 7 nitrogen and oxygen atoms in total. The van der Waals surface area contributed by atoms with Gasteiger partial charge in [-0.25, -0.2) is 0 Å². The molecule has 2 rings (SSSR count). The summed E-state index contributed by atoms with van der Waals surface area (Å²) in [6.07, 6.45) is 0.791. The van der Waals surface area contributed by atoms with Gasteiger partial charge in [0, 0.05) is 24.2 Å². The lowest BCUT2D eigenvalue weighted by Gasteiger charge is -2.12. The average Bonchev–Trinajstić information content (AvgIpc) is 2.62. The van der Waals surface area contributed by atoms with Gasteiger partial charge in [-0.3, -0.25) is 14.9 Å². The maximum Gasteiger partial charge on any atom is 0.271 e. The zero-order valence-corrected chi connectivity index (χ0v) is 16.0. The number of aryl methyl sites for hydroxylation is 2. The van der Waals surface area contributed by atoms with Gasteiger partial charge < -0.3 is 15.4 Å². The van der Waals surface area contributed by atoms with Crippen molar-refractivity contribution in [1.29, 1.82) is 0 Å². The van der Waals surface area contributed by atoms with E-state index < -0.39 is 4.92 Å². The van der Waals surface area contributed by atoms with E-state index in [1.807, 2.05) is 31.2 Å². The molecular weight excluding hydrogens is 366 g/mol. The van der Waals surface area contributed by atoms with E-state index in [2.05, 4.69) is 10.6 Å². The minimum absolute atomic E-state index is 0.0505. The molecule has 0 fully saturated rings. The lowest BCUT2D eigenvalue weighted by atomic mass is 10.2. The fourth-order valence-electron chi connectivity index (χ4n) is 2.26. The molecule has 0 aliphatic carbocycles. The van der Waals surface area contributed by atoms with Gasteiger partial charge in [-0.1, -0.05) is 23.8 Å². The van der Waals surface area contributed by atoms with Crippen molar-refractivity contribution in [2.75, 3.05) is 11.9 Å². The molecule has 0 bridgehead atoms. The smallest absolute Gasteiger partial charge is 0.271 e. The first kappa shape index (κ1) is 20.3. The third kappa shape index (κ3) is 6.67. The van der Waals surface area contributed by atoms with E-state index in [1.54, 1.807) is 13.0 Å². The van der Waals surface area contributed by atoms with Crippen molar-refractivity contribution in [3.05, 3.63) is 63.7 Å². The number of carbonyl (C=O) groups is 1. The van der Waals surface area contributed by atoms with Crippen molar-refractivity contribution in [3.63, 3.8) is 0 Å². The van der Waals surface area contributed by atoms with Crippen molar-refractivity contribution < 1.29 is 14.5 Å². The number of non-ortho nitro benzene ring substituents is 1. The number of ether oxygens (including phenoxy) is 1. The molecule has 0 radical (unpaired) electrons. The number of nitrogens with one attached hydrogen (secondary N) is 2. The molecule has 1 amide bonds. The normalized spacial score (nSPS) is 10.1. The highest BCUT2D eigenvalue weighted by Gasteiger charge is 2.11. The van der Waals surface area contributed by atoms with E-state index in [0.29, 0.717) is 18.7 Å². The Kier molecular flexibility index (Phi) is 7.25. The Morgan fingerprint density at radius 1 is 1.19 bits per heavy atom. The van der Waals surface area contributed by atoms with Gasteiger partial charge in [0.05, 0.1) is 11.5 Å². The summed E-state index contributed by atoms with van der Waals surface area (Å²) < 4.78 is 5.57. The van der Waals surface area contributed by atoms with Crippen LogP contribution in [0.15, 0.2) is 42.5 Å². The number of hydrogen-bond donors (Lipinski definition) is 2. The van der Waals surface area contributed by atoms with Crippen LogP contribution in [0.3, 0.4) is 0 Å². The molecule has 0 atom stereocenters. The van der Waals surface area contributed by atoms with E-state index in [0.717, 1.165) is 16.9 Å². The number of anilines is 1. The molecule has 0 heterocycles. The van der Waals surface area contributed by atoms with Crippen molar-refractivity contribution in [1.82, 2.24) is 5.32 Å². The van der Waals surface area contributed by atoms with Gasteiger partial charge in [0.2, 0.25) is 5.91 Å². The van der Waals surface area contributed by atoms with E-state index in [-0.39, 0.29) is 23.1 Å². The Bertz CT molecular complexity index is 837. The minimum atomic E-state index is -0.486. The monoisotopic (exact) mass is 387 g/mol. The number of carbonyl (C=O) groups excluding carboxylic acids is 1. The van der Waals surface area contributed by atoms with Crippen LogP contribution in [0, 0.1) is 24.0 Å². The molecular formula is C19H21N3O4S. The standard InChI is InChI=1S/C19H21N3O4S/c1-13-5-9-16(10-6-13)26-11-3-4-18(23)21-19(27)20-17-12-15(22(24)25)8-7-14(17)2/h5-10,12H,3-4,11H2,1-2H3,(H2,20,21,23,27). The third-order valence-electron chi connectivity index (χ3n) is 3.77. The topological polar surface area (TPSA) is 93.5 Å². The minimum Gasteiger partial charge on any atom is -0.494 e. The largest absolute Gasteiger partial charge is 0.494 e. The van der Waals surface area contributed by atoms with Gasteiger partial charge in [0.25, 0.3) is 5.69 Å². The Morgan fingerprint density at radius 2 is 1.89 bits per heavy atom. The highest BCUT2D eigenvalue weighted by Crippen LogP contribution is 2.21. The molecule has 0 saturated carbocycles.